The van der Waals surface area contributed by atoms with E-state index in [0.717, 1.165) is 17.9 Å². The third kappa shape index (κ3) is 4.16. The minimum atomic E-state index is -3.58. The first-order valence-electron chi connectivity index (χ1n) is 12.8. The number of benzene rings is 2. The van der Waals surface area contributed by atoms with E-state index < -0.39 is 30.7 Å². The second-order valence-electron chi connectivity index (χ2n) is 10.6. The van der Waals surface area contributed by atoms with Crippen molar-refractivity contribution in [1.29, 1.82) is 0 Å². The van der Waals surface area contributed by atoms with Gasteiger partial charge in [0.25, 0.3) is 0 Å². The molecular formula is C32H35HfO2Si. The van der Waals surface area contributed by atoms with Crippen LogP contribution in [-0.4, -0.2) is 13.6 Å². The van der Waals surface area contributed by atoms with Crippen LogP contribution in [0.3, 0.4) is 0 Å². The van der Waals surface area contributed by atoms with E-state index in [2.05, 4.69) is 125 Å². The van der Waals surface area contributed by atoms with Gasteiger partial charge in [-0.25, -0.2) is 0 Å². The average Bonchev–Trinajstić information content (AvgIpc) is 3.41. The Kier molecular flexibility index (Phi) is 7.20. The molecule has 0 aliphatic heterocycles. The van der Waals surface area contributed by atoms with E-state index in [1.54, 1.807) is 5.17 Å². The molecule has 0 saturated heterocycles. The Bertz CT molecular complexity index is 1270. The van der Waals surface area contributed by atoms with E-state index in [1.165, 1.54) is 16.7 Å². The normalized spacial score (nSPS) is 23.9. The number of allylic oxidation sites excluding steroid dienone is 10. The van der Waals surface area contributed by atoms with Crippen LogP contribution in [0.25, 0.3) is 0 Å². The second-order valence-corrected chi connectivity index (χ2v) is 19.3. The summed E-state index contributed by atoms with van der Waals surface area (Å²) in [6.45, 7) is 12.2. The van der Waals surface area contributed by atoms with E-state index in [0.29, 0.717) is 5.92 Å². The molecule has 183 valence electrons. The summed E-state index contributed by atoms with van der Waals surface area (Å²) in [5, 5.41) is 1.65. The van der Waals surface area contributed by atoms with Crippen LogP contribution in [0.15, 0.2) is 120 Å². The summed E-state index contributed by atoms with van der Waals surface area (Å²) >= 11 is -3.58. The van der Waals surface area contributed by atoms with Gasteiger partial charge in [-0.15, -0.1) is 0 Å². The molecule has 36 heavy (non-hydrogen) atoms. The summed E-state index contributed by atoms with van der Waals surface area (Å²) < 4.78 is 14.0. The average molecular weight is 658 g/mol. The predicted octanol–water partition coefficient (Wildman–Crippen LogP) is 8.24. The van der Waals surface area contributed by atoms with E-state index >= 15 is 0 Å². The van der Waals surface area contributed by atoms with Crippen LogP contribution in [0, 0.1) is 11.3 Å². The summed E-state index contributed by atoms with van der Waals surface area (Å²) in [7, 11) is -0.746. The molecule has 4 heteroatoms. The molecule has 0 amide bonds. The van der Waals surface area contributed by atoms with Crippen molar-refractivity contribution in [2.75, 3.05) is 0 Å². The first-order chi connectivity index (χ1) is 17.4. The Balaban J connectivity index is 1.82. The molecular weight excluding hydrogens is 623 g/mol. The maximum atomic E-state index is 7.14. The zero-order chi connectivity index (χ0) is 25.3. The minimum absolute atomic E-state index is 0.108. The molecule has 0 bridgehead atoms. The molecule has 3 aliphatic rings. The SMILES string of the molecule is CC1C=CC=CC2=C1C(=[Si](C)C)C(C)(C)[C]2(C1=CC=CC1)[Hf]([O]c1ccccc1)[O]c1ccccc1. The van der Waals surface area contributed by atoms with Gasteiger partial charge in [0.15, 0.2) is 0 Å². The van der Waals surface area contributed by atoms with Crippen molar-refractivity contribution in [2.24, 2.45) is 11.3 Å². The van der Waals surface area contributed by atoms with Gasteiger partial charge in [-0.3, -0.25) is 0 Å². The summed E-state index contributed by atoms with van der Waals surface area (Å²) in [5.74, 6) is 2.19. The molecule has 3 aliphatic carbocycles. The van der Waals surface area contributed by atoms with Crippen LogP contribution >= 0.6 is 0 Å². The number of rotatable bonds is 6. The fourth-order valence-corrected chi connectivity index (χ4v) is 18.4. The van der Waals surface area contributed by atoms with Crippen LogP contribution in [0.5, 0.6) is 11.5 Å². The fourth-order valence-electron chi connectivity index (χ4n) is 6.42. The Labute approximate surface area is 226 Å². The summed E-state index contributed by atoms with van der Waals surface area (Å²) in [4.78, 5) is 0. The molecule has 0 heterocycles. The van der Waals surface area contributed by atoms with E-state index in [9.17, 15) is 0 Å². The molecule has 5 rings (SSSR count). The van der Waals surface area contributed by atoms with Crippen LogP contribution in [-0.2, 0) is 22.3 Å². The van der Waals surface area contributed by atoms with Gasteiger partial charge in [-0.05, 0) is 0 Å². The Hall–Kier alpha value is -2.30. The standard InChI is InChI=1S/C20H25Si.2C6H6O.Hf/c1-14-10-6-9-13-16-17(14)19(21(4)5)20(2,3)18(16)15-11-7-8-12-15;2*7-6-4-2-1-3-5-6;/h6-11,13-14H,12H2,1-5H3;2*1-5,7H;/q;;;+2/p-2. The van der Waals surface area contributed by atoms with E-state index in [-0.39, 0.29) is 8.59 Å². The topological polar surface area (TPSA) is 18.5 Å². The summed E-state index contributed by atoms with van der Waals surface area (Å²) in [6.07, 6.45) is 17.0. The fraction of sp³-hybridized carbons (Fsp3) is 0.281. The molecule has 0 spiro atoms. The van der Waals surface area contributed by atoms with Crippen LogP contribution in [0.4, 0.5) is 0 Å². The molecule has 0 aromatic heterocycles. The molecule has 2 atom stereocenters. The molecule has 0 saturated carbocycles. The van der Waals surface area contributed by atoms with E-state index in [4.69, 9.17) is 5.71 Å². The van der Waals surface area contributed by atoms with Crippen molar-refractivity contribution in [2.45, 2.75) is 43.5 Å². The van der Waals surface area contributed by atoms with Crippen molar-refractivity contribution in [1.82, 2.24) is 0 Å². The number of para-hydroxylation sites is 2. The van der Waals surface area contributed by atoms with Gasteiger partial charge < -0.3 is 0 Å². The Morgan fingerprint density at radius 2 is 1.47 bits per heavy atom. The molecule has 0 fully saturated rings. The molecule has 0 radical (unpaired) electrons. The van der Waals surface area contributed by atoms with Gasteiger partial charge >= 0.3 is 228 Å². The maximum absolute atomic E-state index is 7.14. The quantitative estimate of drug-likeness (QED) is 0.292. The Morgan fingerprint density at radius 1 is 0.861 bits per heavy atom. The van der Waals surface area contributed by atoms with Crippen LogP contribution in [0.2, 0.25) is 16.3 Å². The zero-order valence-corrected chi connectivity index (χ0v) is 26.5. The third-order valence-electron chi connectivity index (χ3n) is 7.72. The van der Waals surface area contributed by atoms with Gasteiger partial charge in [0, 0.05) is 0 Å². The predicted molar refractivity (Wildman–Crippen MR) is 149 cm³/mol. The van der Waals surface area contributed by atoms with Crippen molar-refractivity contribution in [3.8, 4) is 11.5 Å². The number of hydrogen-bond donors (Lipinski definition) is 0. The van der Waals surface area contributed by atoms with Gasteiger partial charge in [-0.1, -0.05) is 0 Å². The monoisotopic (exact) mass is 659 g/mol. The van der Waals surface area contributed by atoms with Gasteiger partial charge in [0.05, 0.1) is 0 Å². The first-order valence-corrected chi connectivity index (χ1v) is 20.1. The van der Waals surface area contributed by atoms with Crippen LogP contribution < -0.4 is 5.71 Å². The second kappa shape index (κ2) is 10.2. The van der Waals surface area contributed by atoms with Crippen molar-refractivity contribution >= 4 is 13.6 Å². The first kappa shape index (κ1) is 25.4. The van der Waals surface area contributed by atoms with Crippen molar-refractivity contribution in [3.05, 3.63) is 120 Å². The van der Waals surface area contributed by atoms with E-state index in [1.807, 2.05) is 12.1 Å². The Morgan fingerprint density at radius 3 is 2.00 bits per heavy atom. The zero-order valence-electron chi connectivity index (χ0n) is 21.9. The molecule has 0 N–H and O–H groups in total. The van der Waals surface area contributed by atoms with Gasteiger partial charge in [0.1, 0.15) is 0 Å². The number of hydrogen-bond acceptors (Lipinski definition) is 2. The molecule has 2 nitrogen and oxygen atoms in total. The van der Waals surface area contributed by atoms with Crippen molar-refractivity contribution < 1.29 is 28.0 Å². The molecule has 2 unspecified atom stereocenters. The van der Waals surface area contributed by atoms with Crippen LogP contribution in [0.1, 0.15) is 27.2 Å². The summed E-state index contributed by atoms with van der Waals surface area (Å²) in [5.41, 5.74) is 4.32. The summed E-state index contributed by atoms with van der Waals surface area (Å²) in [6, 6.07) is 20.7. The molecule has 2 aromatic rings. The third-order valence-corrected chi connectivity index (χ3v) is 19.2. The molecule has 2 aromatic carbocycles. The van der Waals surface area contributed by atoms with Gasteiger partial charge in [-0.2, -0.15) is 0 Å². The van der Waals surface area contributed by atoms with Gasteiger partial charge in [0.2, 0.25) is 0 Å². The van der Waals surface area contributed by atoms with Crippen molar-refractivity contribution in [3.63, 3.8) is 0 Å².